The summed E-state index contributed by atoms with van der Waals surface area (Å²) in [6, 6.07) is 6.37. The maximum absolute atomic E-state index is 12.7. The van der Waals surface area contributed by atoms with Crippen molar-refractivity contribution >= 4 is 27.9 Å². The summed E-state index contributed by atoms with van der Waals surface area (Å²) < 4.78 is 0. The number of carbonyl (C=O) groups excluding carboxylic acids is 1. The van der Waals surface area contributed by atoms with Crippen LogP contribution in [0, 0.1) is 10.1 Å². The van der Waals surface area contributed by atoms with E-state index in [0.29, 0.717) is 5.56 Å². The van der Waals surface area contributed by atoms with Gasteiger partial charge in [-0.2, -0.15) is 0 Å². The normalized spacial score (nSPS) is 21.7. The Morgan fingerprint density at radius 2 is 2.24 bits per heavy atom. The predicted octanol–water partition coefficient (Wildman–Crippen LogP) is 1.47. The first-order valence-electron chi connectivity index (χ1n) is 8.36. The number of quaternary nitrogens is 1. The molecule has 1 unspecified atom stereocenters. The quantitative estimate of drug-likeness (QED) is 0.572. The molecular weight excluding hydrogens is 340 g/mol. The van der Waals surface area contributed by atoms with E-state index in [1.54, 1.807) is 23.5 Å². The van der Waals surface area contributed by atoms with E-state index >= 15 is 0 Å². The maximum atomic E-state index is 12.7. The summed E-state index contributed by atoms with van der Waals surface area (Å²) in [5.41, 5.74) is 2.63. The summed E-state index contributed by atoms with van der Waals surface area (Å²) in [7, 11) is 0. The number of likely N-dealkylation sites (N-methyl/N-ethyl adjacent to an activating group) is 1. The van der Waals surface area contributed by atoms with Gasteiger partial charge in [-0.1, -0.05) is 12.1 Å². The lowest BCUT2D eigenvalue weighted by Gasteiger charge is -2.27. The molecule has 25 heavy (non-hydrogen) atoms. The van der Waals surface area contributed by atoms with Gasteiger partial charge in [-0.05, 0) is 12.5 Å². The number of anilines is 1. The number of thiophene rings is 1. The van der Waals surface area contributed by atoms with E-state index in [0.717, 1.165) is 36.6 Å². The van der Waals surface area contributed by atoms with Gasteiger partial charge in [0.15, 0.2) is 0 Å². The largest absolute Gasteiger partial charge is 0.353 e. The number of carbonyl (C=O) groups is 1. The van der Waals surface area contributed by atoms with Crippen LogP contribution < -0.4 is 15.5 Å². The molecule has 1 amide bonds. The first-order chi connectivity index (χ1) is 12.1. The molecule has 1 aromatic heterocycles. The van der Waals surface area contributed by atoms with Crippen molar-refractivity contribution in [2.75, 3.05) is 18.4 Å². The Bertz CT molecular complexity index is 864. The second kappa shape index (κ2) is 6.12. The minimum atomic E-state index is -0.449. The molecule has 2 aliphatic rings. The highest BCUT2D eigenvalue weighted by Gasteiger charge is 2.34. The minimum Gasteiger partial charge on any atom is -0.353 e. The number of non-ortho nitro benzene ring substituents is 1. The molecule has 0 fully saturated rings. The number of fused-ring (bicyclic) bond motifs is 3. The molecule has 0 saturated heterocycles. The molecular formula is C17H19N4O3S+. The molecule has 4 rings (SSSR count). The lowest BCUT2D eigenvalue weighted by Crippen LogP contribution is -3.11. The first kappa shape index (κ1) is 16.0. The Balaban J connectivity index is 1.66. The molecule has 2 atom stereocenters. The lowest BCUT2D eigenvalue weighted by atomic mass is 10.0. The summed E-state index contributed by atoms with van der Waals surface area (Å²) in [5, 5.41) is 18.2. The van der Waals surface area contributed by atoms with Crippen molar-refractivity contribution in [3.63, 3.8) is 0 Å². The van der Waals surface area contributed by atoms with Crippen LogP contribution in [0.3, 0.4) is 0 Å². The van der Waals surface area contributed by atoms with Gasteiger partial charge in [0, 0.05) is 24.1 Å². The Hall–Kier alpha value is -2.45. The van der Waals surface area contributed by atoms with Crippen molar-refractivity contribution in [3.8, 4) is 0 Å². The molecule has 7 nitrogen and oxygen atoms in total. The second-order valence-electron chi connectivity index (χ2n) is 6.39. The fourth-order valence-electron chi connectivity index (χ4n) is 3.54. The number of hydrogen-bond donors (Lipinski definition) is 3. The predicted molar refractivity (Wildman–Crippen MR) is 95.0 cm³/mol. The van der Waals surface area contributed by atoms with Gasteiger partial charge < -0.3 is 15.5 Å². The molecule has 0 bridgehead atoms. The smallest absolute Gasteiger partial charge is 0.269 e. The monoisotopic (exact) mass is 359 g/mol. The summed E-state index contributed by atoms with van der Waals surface area (Å²) >= 11 is 1.64. The number of nitrogens with one attached hydrogen (secondary N) is 3. The summed E-state index contributed by atoms with van der Waals surface area (Å²) in [4.78, 5) is 26.1. The van der Waals surface area contributed by atoms with Crippen LogP contribution in [0.1, 0.15) is 39.5 Å². The van der Waals surface area contributed by atoms with E-state index in [2.05, 4.69) is 17.6 Å². The average Bonchev–Trinajstić information content (AvgIpc) is 2.99. The molecule has 1 aromatic carbocycles. The zero-order chi connectivity index (χ0) is 17.6. The number of rotatable bonds is 3. The molecule has 2 aliphatic heterocycles. The Kier molecular flexibility index (Phi) is 3.93. The fourth-order valence-corrected chi connectivity index (χ4v) is 4.88. The van der Waals surface area contributed by atoms with E-state index in [1.165, 1.54) is 27.5 Å². The molecule has 130 valence electrons. The van der Waals surface area contributed by atoms with Gasteiger partial charge in [-0.15, -0.1) is 11.3 Å². The highest BCUT2D eigenvalue weighted by molar-refractivity contribution is 7.16. The molecule has 0 saturated carbocycles. The standard InChI is InChI=1S/C17H18N4O3S/c1-2-20-7-6-12-13(9-20)25-17-14(12)16(22)18-15(19-17)10-4-3-5-11(8-10)21(23)24/h3-5,8,15,19H,2,6-7,9H2,1H3,(H,18,22)/p+1/t15-/m1/s1. The molecule has 0 radical (unpaired) electrons. The lowest BCUT2D eigenvalue weighted by molar-refractivity contribution is -0.913. The van der Waals surface area contributed by atoms with Crippen LogP contribution in [-0.4, -0.2) is 23.9 Å². The fraction of sp³-hybridized carbons (Fsp3) is 0.353. The zero-order valence-electron chi connectivity index (χ0n) is 13.8. The molecule has 3 N–H and O–H groups in total. The van der Waals surface area contributed by atoms with Crippen molar-refractivity contribution in [1.29, 1.82) is 0 Å². The van der Waals surface area contributed by atoms with E-state index in [-0.39, 0.29) is 11.6 Å². The number of benzene rings is 1. The average molecular weight is 359 g/mol. The molecule has 3 heterocycles. The third-order valence-corrected chi connectivity index (χ3v) is 6.09. The van der Waals surface area contributed by atoms with Gasteiger partial charge in [-0.25, -0.2) is 0 Å². The molecule has 2 aromatic rings. The molecule has 0 aliphatic carbocycles. The van der Waals surface area contributed by atoms with Gasteiger partial charge in [0.25, 0.3) is 11.6 Å². The van der Waals surface area contributed by atoms with Crippen LogP contribution in [-0.2, 0) is 13.0 Å². The number of hydrogen-bond acceptors (Lipinski definition) is 5. The van der Waals surface area contributed by atoms with Gasteiger partial charge in [0.1, 0.15) is 17.7 Å². The van der Waals surface area contributed by atoms with Crippen LogP contribution in [0.15, 0.2) is 24.3 Å². The van der Waals surface area contributed by atoms with Crippen molar-refractivity contribution in [2.24, 2.45) is 0 Å². The summed E-state index contributed by atoms with van der Waals surface area (Å²) in [5.74, 6) is -0.0947. The Labute approximate surface area is 148 Å². The Morgan fingerprint density at radius 1 is 1.40 bits per heavy atom. The van der Waals surface area contributed by atoms with Crippen LogP contribution in [0.4, 0.5) is 10.7 Å². The van der Waals surface area contributed by atoms with Crippen LogP contribution in [0.2, 0.25) is 0 Å². The Morgan fingerprint density at radius 3 is 3.00 bits per heavy atom. The van der Waals surface area contributed by atoms with E-state index in [9.17, 15) is 14.9 Å². The van der Waals surface area contributed by atoms with Crippen molar-refractivity contribution in [3.05, 3.63) is 55.9 Å². The van der Waals surface area contributed by atoms with Gasteiger partial charge in [0.05, 0.1) is 28.5 Å². The SMILES string of the molecule is CC[NH+]1CCc2c(sc3c2C(=O)N[C@@H](c2cccc([N+](=O)[O-])c2)N3)C1. The highest BCUT2D eigenvalue weighted by atomic mass is 32.1. The second-order valence-corrected chi connectivity index (χ2v) is 7.50. The molecule has 8 heteroatoms. The summed E-state index contributed by atoms with van der Waals surface area (Å²) in [6.07, 6.45) is 0.468. The number of nitro benzene ring substituents is 1. The van der Waals surface area contributed by atoms with Crippen LogP contribution >= 0.6 is 11.3 Å². The van der Waals surface area contributed by atoms with Gasteiger partial charge in [-0.3, -0.25) is 14.9 Å². The van der Waals surface area contributed by atoms with Crippen LogP contribution in [0.5, 0.6) is 0 Å². The van der Waals surface area contributed by atoms with Crippen LogP contribution in [0.25, 0.3) is 0 Å². The van der Waals surface area contributed by atoms with Gasteiger partial charge >= 0.3 is 0 Å². The van der Waals surface area contributed by atoms with Gasteiger partial charge in [0.2, 0.25) is 0 Å². The third kappa shape index (κ3) is 2.77. The first-order valence-corrected chi connectivity index (χ1v) is 9.18. The number of nitro groups is 1. The van der Waals surface area contributed by atoms with Crippen molar-refractivity contribution < 1.29 is 14.6 Å². The summed E-state index contributed by atoms with van der Waals surface area (Å²) in [6.45, 7) is 5.27. The topological polar surface area (TPSA) is 88.7 Å². The number of nitrogens with zero attached hydrogens (tertiary/aromatic N) is 1. The van der Waals surface area contributed by atoms with E-state index < -0.39 is 11.1 Å². The van der Waals surface area contributed by atoms with E-state index in [4.69, 9.17) is 0 Å². The van der Waals surface area contributed by atoms with Crippen molar-refractivity contribution in [2.45, 2.75) is 26.1 Å². The zero-order valence-corrected chi connectivity index (χ0v) is 14.6. The minimum absolute atomic E-state index is 0.0204. The molecule has 0 spiro atoms. The van der Waals surface area contributed by atoms with Crippen molar-refractivity contribution in [1.82, 2.24) is 5.32 Å². The number of amides is 1. The highest BCUT2D eigenvalue weighted by Crippen LogP contribution is 2.39. The maximum Gasteiger partial charge on any atom is 0.269 e. The third-order valence-electron chi connectivity index (χ3n) is 4.92. The van der Waals surface area contributed by atoms with E-state index in [1.807, 2.05) is 0 Å².